The highest BCUT2D eigenvalue weighted by Gasteiger charge is 2.19. The zero-order valence-corrected chi connectivity index (χ0v) is 18.5. The molecule has 0 atom stereocenters. The van der Waals surface area contributed by atoms with Crippen molar-refractivity contribution in [1.29, 1.82) is 0 Å². The van der Waals surface area contributed by atoms with Crippen LogP contribution in [0.2, 0.25) is 10.0 Å². The van der Waals surface area contributed by atoms with E-state index in [2.05, 4.69) is 10.3 Å². The van der Waals surface area contributed by atoms with Crippen LogP contribution in [0.15, 0.2) is 52.1 Å². The number of aromatic carboxylic acids is 1. The van der Waals surface area contributed by atoms with Gasteiger partial charge in [-0.05, 0) is 35.9 Å². The number of nitrogens with zero attached hydrogens (tertiary/aromatic N) is 4. The zero-order valence-electron chi connectivity index (χ0n) is 17.0. The first kappa shape index (κ1) is 21.7. The van der Waals surface area contributed by atoms with Crippen molar-refractivity contribution in [3.8, 4) is 0 Å². The maximum Gasteiger partial charge on any atom is 0.335 e. The van der Waals surface area contributed by atoms with Gasteiger partial charge in [-0.2, -0.15) is 4.98 Å². The minimum atomic E-state index is -1.06. The number of carboxylic acid groups (broad SMARTS) is 1. The van der Waals surface area contributed by atoms with Gasteiger partial charge in [0.15, 0.2) is 11.2 Å². The number of anilines is 2. The van der Waals surface area contributed by atoms with Crippen molar-refractivity contribution in [2.24, 2.45) is 14.1 Å². The number of hydrogen-bond donors (Lipinski definition) is 2. The fourth-order valence-electron chi connectivity index (χ4n) is 3.37. The monoisotopic (exact) mass is 473 g/mol. The Labute approximate surface area is 191 Å². The Hall–Kier alpha value is -3.56. The summed E-state index contributed by atoms with van der Waals surface area (Å²) in [5.74, 6) is -0.784. The molecule has 2 aromatic heterocycles. The van der Waals surface area contributed by atoms with Crippen LogP contribution in [0, 0.1) is 0 Å². The van der Waals surface area contributed by atoms with Gasteiger partial charge >= 0.3 is 11.7 Å². The third-order valence-corrected chi connectivity index (χ3v) is 5.79. The Morgan fingerprint density at radius 3 is 2.50 bits per heavy atom. The maximum absolute atomic E-state index is 13.2. The van der Waals surface area contributed by atoms with Crippen molar-refractivity contribution in [3.05, 3.63) is 84.5 Å². The molecule has 0 fully saturated rings. The van der Waals surface area contributed by atoms with Crippen molar-refractivity contribution >= 4 is 52.0 Å². The van der Waals surface area contributed by atoms with E-state index >= 15 is 0 Å². The molecular formula is C21H17Cl2N5O4. The average molecular weight is 474 g/mol. The van der Waals surface area contributed by atoms with Crippen molar-refractivity contribution in [1.82, 2.24) is 18.7 Å². The summed E-state index contributed by atoms with van der Waals surface area (Å²) >= 11 is 12.0. The zero-order chi connectivity index (χ0) is 23.2. The molecule has 4 rings (SSSR count). The molecule has 0 bridgehead atoms. The number of halogens is 2. The highest BCUT2D eigenvalue weighted by molar-refractivity contribution is 6.42. The molecule has 0 amide bonds. The Kier molecular flexibility index (Phi) is 5.53. The molecule has 0 unspecified atom stereocenters. The van der Waals surface area contributed by atoms with Crippen LogP contribution >= 0.6 is 23.2 Å². The third kappa shape index (κ3) is 3.76. The second kappa shape index (κ2) is 8.18. The van der Waals surface area contributed by atoms with Crippen LogP contribution < -0.4 is 16.6 Å². The van der Waals surface area contributed by atoms with Gasteiger partial charge in [-0.1, -0.05) is 35.3 Å². The van der Waals surface area contributed by atoms with Gasteiger partial charge in [-0.25, -0.2) is 9.59 Å². The molecule has 0 saturated carbocycles. The number of carbonyl (C=O) groups is 1. The molecule has 0 aliphatic carbocycles. The van der Waals surface area contributed by atoms with Gasteiger partial charge in [-0.3, -0.25) is 13.9 Å². The second-order valence-electron chi connectivity index (χ2n) is 7.16. The number of hydrogen-bond acceptors (Lipinski definition) is 5. The molecule has 32 heavy (non-hydrogen) atoms. The van der Waals surface area contributed by atoms with Gasteiger partial charge in [0.25, 0.3) is 5.56 Å². The summed E-state index contributed by atoms with van der Waals surface area (Å²) in [6.07, 6.45) is 0. The first-order chi connectivity index (χ1) is 15.2. The van der Waals surface area contributed by atoms with Gasteiger partial charge in [0.1, 0.15) is 0 Å². The van der Waals surface area contributed by atoms with E-state index in [9.17, 15) is 19.5 Å². The van der Waals surface area contributed by atoms with E-state index in [0.29, 0.717) is 21.3 Å². The first-order valence-electron chi connectivity index (χ1n) is 9.38. The number of nitrogens with one attached hydrogen (secondary N) is 1. The normalized spacial score (nSPS) is 11.1. The number of carboxylic acids is 1. The molecule has 0 aliphatic heterocycles. The van der Waals surface area contributed by atoms with Gasteiger partial charge < -0.3 is 15.0 Å². The fourth-order valence-corrected chi connectivity index (χ4v) is 3.70. The summed E-state index contributed by atoms with van der Waals surface area (Å²) in [6.45, 7) is 0.00688. The number of fused-ring (bicyclic) bond motifs is 1. The molecule has 0 spiro atoms. The molecule has 0 aliphatic rings. The number of rotatable bonds is 5. The maximum atomic E-state index is 13.2. The Bertz CT molecular complexity index is 1500. The van der Waals surface area contributed by atoms with E-state index in [1.54, 1.807) is 37.4 Å². The molecule has 0 radical (unpaired) electrons. The van der Waals surface area contributed by atoms with E-state index in [1.807, 2.05) is 0 Å². The van der Waals surface area contributed by atoms with Gasteiger partial charge in [0.2, 0.25) is 5.95 Å². The molecule has 164 valence electrons. The number of imidazole rings is 1. The quantitative estimate of drug-likeness (QED) is 0.460. The predicted octanol–water partition coefficient (Wildman–Crippen LogP) is 3.23. The van der Waals surface area contributed by atoms with Crippen LogP contribution in [0.5, 0.6) is 0 Å². The van der Waals surface area contributed by atoms with Gasteiger partial charge in [0, 0.05) is 19.8 Å². The molecule has 11 heteroatoms. The Morgan fingerprint density at radius 1 is 1.06 bits per heavy atom. The summed E-state index contributed by atoms with van der Waals surface area (Å²) in [4.78, 5) is 41.7. The smallest absolute Gasteiger partial charge is 0.335 e. The van der Waals surface area contributed by atoms with E-state index in [1.165, 1.54) is 28.3 Å². The van der Waals surface area contributed by atoms with E-state index in [0.717, 1.165) is 4.57 Å². The fraction of sp³-hybridized carbons (Fsp3) is 0.143. The second-order valence-corrected chi connectivity index (χ2v) is 7.97. The summed E-state index contributed by atoms with van der Waals surface area (Å²) in [5.41, 5.74) is 0.579. The van der Waals surface area contributed by atoms with Crippen LogP contribution in [0.25, 0.3) is 11.2 Å². The molecule has 4 aromatic rings. The Morgan fingerprint density at radius 2 is 1.81 bits per heavy atom. The number of benzene rings is 2. The van der Waals surface area contributed by atoms with Crippen molar-refractivity contribution in [3.63, 3.8) is 0 Å². The van der Waals surface area contributed by atoms with E-state index < -0.39 is 17.2 Å². The lowest BCUT2D eigenvalue weighted by Crippen LogP contribution is -2.39. The predicted molar refractivity (Wildman–Crippen MR) is 122 cm³/mol. The topological polar surface area (TPSA) is 111 Å². The van der Waals surface area contributed by atoms with Crippen LogP contribution in [0.1, 0.15) is 15.9 Å². The summed E-state index contributed by atoms with van der Waals surface area (Å²) < 4.78 is 3.90. The minimum absolute atomic E-state index is 0.00688. The minimum Gasteiger partial charge on any atom is -0.478 e. The average Bonchev–Trinajstić information content (AvgIpc) is 3.08. The van der Waals surface area contributed by atoms with E-state index in [4.69, 9.17) is 23.2 Å². The van der Waals surface area contributed by atoms with Crippen molar-refractivity contribution in [2.75, 3.05) is 5.32 Å². The van der Waals surface area contributed by atoms with Crippen molar-refractivity contribution < 1.29 is 9.90 Å². The molecule has 2 heterocycles. The summed E-state index contributed by atoms with van der Waals surface area (Å²) in [5, 5.41) is 12.9. The number of aryl methyl sites for hydroxylation is 2. The lowest BCUT2D eigenvalue weighted by Gasteiger charge is -2.09. The summed E-state index contributed by atoms with van der Waals surface area (Å²) in [6, 6.07) is 11.1. The summed E-state index contributed by atoms with van der Waals surface area (Å²) in [7, 11) is 3.16. The lowest BCUT2D eigenvalue weighted by atomic mass is 10.2. The Balaban J connectivity index is 1.81. The molecule has 2 N–H and O–H groups in total. The van der Waals surface area contributed by atoms with E-state index in [-0.39, 0.29) is 29.2 Å². The SMILES string of the molecule is Cn1c(Nc2cccc(C(=O)O)c2)nc2c1c(=O)n(Cc1ccc(Cl)c(Cl)c1)c(=O)n2C. The molecular weight excluding hydrogens is 457 g/mol. The van der Waals surface area contributed by atoms with Gasteiger partial charge in [-0.15, -0.1) is 0 Å². The largest absolute Gasteiger partial charge is 0.478 e. The van der Waals surface area contributed by atoms with Crippen LogP contribution in [0.4, 0.5) is 11.6 Å². The van der Waals surface area contributed by atoms with Crippen LogP contribution in [-0.4, -0.2) is 29.8 Å². The van der Waals surface area contributed by atoms with Crippen LogP contribution in [-0.2, 0) is 20.6 Å². The standard InChI is InChI=1S/C21H17Cl2N5O4/c1-26-16-17(25-20(26)24-13-5-3-4-12(9-13)19(30)31)27(2)21(32)28(18(16)29)10-11-6-7-14(22)15(23)8-11/h3-9H,10H2,1-2H3,(H,24,25)(H,30,31). The first-order valence-corrected chi connectivity index (χ1v) is 10.1. The highest BCUT2D eigenvalue weighted by Crippen LogP contribution is 2.23. The highest BCUT2D eigenvalue weighted by atomic mass is 35.5. The third-order valence-electron chi connectivity index (χ3n) is 5.05. The molecule has 0 saturated heterocycles. The number of aromatic nitrogens is 4. The molecule has 9 nitrogen and oxygen atoms in total. The molecule has 2 aromatic carbocycles. The van der Waals surface area contributed by atoms with Crippen molar-refractivity contribution in [2.45, 2.75) is 6.54 Å². The van der Waals surface area contributed by atoms with Gasteiger partial charge in [0.05, 0.1) is 22.2 Å². The lowest BCUT2D eigenvalue weighted by molar-refractivity contribution is 0.0697. The van der Waals surface area contributed by atoms with Crippen LogP contribution in [0.3, 0.4) is 0 Å².